The molecule has 2 heterocycles. The van der Waals surface area contributed by atoms with Crippen LogP contribution >= 0.6 is 0 Å². The summed E-state index contributed by atoms with van der Waals surface area (Å²) in [5.41, 5.74) is 1.48. The van der Waals surface area contributed by atoms with Crippen LogP contribution in [0.15, 0.2) is 77.7 Å². The zero-order valence-electron chi connectivity index (χ0n) is 14.6. The third-order valence-electron chi connectivity index (χ3n) is 4.17. The number of hydrogen-bond donors (Lipinski definition) is 1. The second-order valence-corrected chi connectivity index (χ2v) is 6.12. The van der Waals surface area contributed by atoms with E-state index in [4.69, 9.17) is 0 Å². The van der Waals surface area contributed by atoms with E-state index in [1.165, 1.54) is 4.68 Å². The van der Waals surface area contributed by atoms with Crippen LogP contribution in [0.3, 0.4) is 0 Å². The van der Waals surface area contributed by atoms with Crippen LogP contribution in [0, 0.1) is 6.92 Å². The third kappa shape index (κ3) is 3.20. The molecule has 0 aliphatic rings. The van der Waals surface area contributed by atoms with Crippen molar-refractivity contribution in [3.05, 3.63) is 94.5 Å². The highest BCUT2D eigenvalue weighted by Gasteiger charge is 2.17. The standard InChI is InChI=1S/C21H16N4O2/c1-14-11-12-18(22-13-14)23-20(26)19-16-9-5-6-10-17(16)21(27)25(24-19)15-7-3-2-4-8-15/h2-13H,1H3,(H,22,23,26). The maximum Gasteiger partial charge on any atom is 0.279 e. The summed E-state index contributed by atoms with van der Waals surface area (Å²) in [5.74, 6) is 0.00109. The molecule has 6 nitrogen and oxygen atoms in total. The number of benzene rings is 2. The highest BCUT2D eigenvalue weighted by molar-refractivity contribution is 6.10. The van der Waals surface area contributed by atoms with Crippen LogP contribution in [0.5, 0.6) is 0 Å². The average molecular weight is 356 g/mol. The zero-order valence-corrected chi connectivity index (χ0v) is 14.6. The molecule has 0 saturated heterocycles. The molecule has 2 aromatic heterocycles. The van der Waals surface area contributed by atoms with E-state index in [-0.39, 0.29) is 11.3 Å². The van der Waals surface area contributed by atoms with Gasteiger partial charge in [-0.3, -0.25) is 9.59 Å². The Balaban J connectivity index is 1.86. The average Bonchev–Trinajstić information content (AvgIpc) is 2.71. The number of aryl methyl sites for hydroxylation is 1. The number of anilines is 1. The van der Waals surface area contributed by atoms with Gasteiger partial charge in [0.1, 0.15) is 5.82 Å². The molecule has 0 saturated carbocycles. The molecule has 0 fully saturated rings. The van der Waals surface area contributed by atoms with Gasteiger partial charge < -0.3 is 5.32 Å². The maximum absolute atomic E-state index is 12.9. The first kappa shape index (κ1) is 16.7. The number of para-hydroxylation sites is 1. The lowest BCUT2D eigenvalue weighted by Gasteiger charge is -2.11. The van der Waals surface area contributed by atoms with Gasteiger partial charge in [-0.1, -0.05) is 42.5 Å². The maximum atomic E-state index is 12.9. The Bertz CT molecular complexity index is 1180. The zero-order chi connectivity index (χ0) is 18.8. The number of carbonyl (C=O) groups excluding carboxylic acids is 1. The first-order valence-corrected chi connectivity index (χ1v) is 8.45. The van der Waals surface area contributed by atoms with Crippen molar-refractivity contribution in [3.63, 3.8) is 0 Å². The molecule has 4 aromatic rings. The Morgan fingerprint density at radius 3 is 2.33 bits per heavy atom. The van der Waals surface area contributed by atoms with E-state index in [9.17, 15) is 9.59 Å². The van der Waals surface area contributed by atoms with E-state index < -0.39 is 5.91 Å². The summed E-state index contributed by atoms with van der Waals surface area (Å²) in [6, 6.07) is 19.6. The summed E-state index contributed by atoms with van der Waals surface area (Å²) in [6.07, 6.45) is 1.67. The lowest BCUT2D eigenvalue weighted by molar-refractivity contribution is 0.102. The molecule has 0 spiro atoms. The first-order chi connectivity index (χ1) is 13.1. The van der Waals surface area contributed by atoms with E-state index >= 15 is 0 Å². The van der Waals surface area contributed by atoms with Crippen LogP contribution < -0.4 is 10.9 Å². The van der Waals surface area contributed by atoms with Crippen molar-refractivity contribution < 1.29 is 4.79 Å². The van der Waals surface area contributed by atoms with Crippen molar-refractivity contribution >= 4 is 22.5 Å². The molecule has 0 radical (unpaired) electrons. The number of hydrogen-bond acceptors (Lipinski definition) is 4. The van der Waals surface area contributed by atoms with Crippen LogP contribution in [0.25, 0.3) is 16.5 Å². The van der Waals surface area contributed by atoms with Crippen LogP contribution in [-0.4, -0.2) is 20.7 Å². The first-order valence-electron chi connectivity index (χ1n) is 8.45. The molecule has 0 unspecified atom stereocenters. The summed E-state index contributed by atoms with van der Waals surface area (Å²) in [6.45, 7) is 1.92. The molecule has 6 heteroatoms. The minimum atomic E-state index is -0.424. The number of nitrogens with zero attached hydrogens (tertiary/aromatic N) is 3. The molecule has 27 heavy (non-hydrogen) atoms. The summed E-state index contributed by atoms with van der Waals surface area (Å²) in [4.78, 5) is 29.9. The topological polar surface area (TPSA) is 76.9 Å². The number of rotatable bonds is 3. The monoisotopic (exact) mass is 356 g/mol. The highest BCUT2D eigenvalue weighted by Crippen LogP contribution is 2.16. The van der Waals surface area contributed by atoms with Crippen molar-refractivity contribution in [3.8, 4) is 5.69 Å². The molecule has 1 amide bonds. The van der Waals surface area contributed by atoms with Crippen LogP contribution in [-0.2, 0) is 0 Å². The minimum Gasteiger partial charge on any atom is -0.305 e. The van der Waals surface area contributed by atoms with Gasteiger partial charge in [0, 0.05) is 11.6 Å². The molecular weight excluding hydrogens is 340 g/mol. The van der Waals surface area contributed by atoms with Crippen molar-refractivity contribution in [2.24, 2.45) is 0 Å². The summed E-state index contributed by atoms with van der Waals surface area (Å²) < 4.78 is 1.25. The molecule has 0 aliphatic heterocycles. The Morgan fingerprint density at radius 2 is 1.63 bits per heavy atom. The molecule has 4 rings (SSSR count). The van der Waals surface area contributed by atoms with Crippen LogP contribution in [0.4, 0.5) is 5.82 Å². The van der Waals surface area contributed by atoms with Gasteiger partial charge in [-0.05, 0) is 36.8 Å². The molecule has 1 N–H and O–H groups in total. The highest BCUT2D eigenvalue weighted by atomic mass is 16.2. The van der Waals surface area contributed by atoms with Gasteiger partial charge in [-0.2, -0.15) is 9.78 Å². The second-order valence-electron chi connectivity index (χ2n) is 6.12. The Morgan fingerprint density at radius 1 is 0.926 bits per heavy atom. The van der Waals surface area contributed by atoms with E-state index in [1.54, 1.807) is 48.7 Å². The Labute approximate surface area is 155 Å². The summed E-state index contributed by atoms with van der Waals surface area (Å²) >= 11 is 0. The summed E-state index contributed by atoms with van der Waals surface area (Å²) in [5, 5.41) is 8.02. The van der Waals surface area contributed by atoms with Crippen LogP contribution in [0.1, 0.15) is 16.1 Å². The van der Waals surface area contributed by atoms with Gasteiger partial charge in [-0.25, -0.2) is 4.98 Å². The Hall–Kier alpha value is -3.80. The largest absolute Gasteiger partial charge is 0.305 e. The second kappa shape index (κ2) is 6.84. The number of pyridine rings is 1. The number of aromatic nitrogens is 3. The van der Waals surface area contributed by atoms with Gasteiger partial charge in [0.25, 0.3) is 11.5 Å². The van der Waals surface area contributed by atoms with Crippen molar-refractivity contribution in [1.82, 2.24) is 14.8 Å². The third-order valence-corrected chi connectivity index (χ3v) is 4.17. The van der Waals surface area contributed by atoms with E-state index in [2.05, 4.69) is 15.4 Å². The van der Waals surface area contributed by atoms with E-state index in [1.807, 2.05) is 31.2 Å². The number of fused-ring (bicyclic) bond motifs is 1. The normalized spacial score (nSPS) is 10.7. The van der Waals surface area contributed by atoms with Gasteiger partial charge in [0.15, 0.2) is 5.69 Å². The smallest absolute Gasteiger partial charge is 0.279 e. The lowest BCUT2D eigenvalue weighted by atomic mass is 10.1. The minimum absolute atomic E-state index is 0.163. The van der Waals surface area contributed by atoms with Gasteiger partial charge in [-0.15, -0.1) is 0 Å². The lowest BCUT2D eigenvalue weighted by Crippen LogP contribution is -2.26. The molecule has 0 atom stereocenters. The van der Waals surface area contributed by atoms with Crippen LogP contribution in [0.2, 0.25) is 0 Å². The van der Waals surface area contributed by atoms with Crippen molar-refractivity contribution in [2.45, 2.75) is 6.92 Å². The molecule has 132 valence electrons. The fourth-order valence-corrected chi connectivity index (χ4v) is 2.82. The van der Waals surface area contributed by atoms with E-state index in [0.717, 1.165) is 5.56 Å². The number of carbonyl (C=O) groups is 1. The SMILES string of the molecule is Cc1ccc(NC(=O)c2nn(-c3ccccc3)c(=O)c3ccccc23)nc1. The number of nitrogens with one attached hydrogen (secondary N) is 1. The predicted molar refractivity (Wildman–Crippen MR) is 104 cm³/mol. The molecule has 0 bridgehead atoms. The van der Waals surface area contributed by atoms with Gasteiger partial charge in [0.2, 0.25) is 0 Å². The summed E-state index contributed by atoms with van der Waals surface area (Å²) in [7, 11) is 0. The van der Waals surface area contributed by atoms with Gasteiger partial charge >= 0.3 is 0 Å². The fraction of sp³-hybridized carbons (Fsp3) is 0.0476. The van der Waals surface area contributed by atoms with Crippen molar-refractivity contribution in [1.29, 1.82) is 0 Å². The molecule has 0 aliphatic carbocycles. The van der Waals surface area contributed by atoms with Crippen molar-refractivity contribution in [2.75, 3.05) is 5.32 Å². The molecular formula is C21H16N4O2. The predicted octanol–water partition coefficient (Wildman–Crippen LogP) is 3.34. The molecule has 2 aromatic carbocycles. The number of amides is 1. The Kier molecular flexibility index (Phi) is 4.22. The van der Waals surface area contributed by atoms with Gasteiger partial charge in [0.05, 0.1) is 11.1 Å². The van der Waals surface area contributed by atoms with E-state index in [0.29, 0.717) is 22.3 Å². The quantitative estimate of drug-likeness (QED) is 0.611. The fourth-order valence-electron chi connectivity index (χ4n) is 2.82.